The van der Waals surface area contributed by atoms with Gasteiger partial charge in [-0.1, -0.05) is 0 Å². The number of aromatic carboxylic acids is 1. The zero-order chi connectivity index (χ0) is 11.8. The Morgan fingerprint density at radius 2 is 2.35 bits per heavy atom. The predicted octanol–water partition coefficient (Wildman–Crippen LogP) is 0.654. The van der Waals surface area contributed by atoms with Crippen LogP contribution in [0.1, 0.15) is 33.0 Å². The van der Waals surface area contributed by atoms with Crippen molar-refractivity contribution in [1.29, 1.82) is 0 Å². The Bertz CT molecular complexity index is 613. The van der Waals surface area contributed by atoms with Crippen LogP contribution in [0.15, 0.2) is 17.8 Å². The fourth-order valence-corrected chi connectivity index (χ4v) is 3.27. The fourth-order valence-electron chi connectivity index (χ4n) is 3.27. The van der Waals surface area contributed by atoms with Crippen LogP contribution in [0.4, 0.5) is 0 Å². The SMILES string of the molecule is O=C(O)c1cc2c([nH]1)C(=O)C=C1NCC3CC123. The molecule has 1 aromatic rings. The van der Waals surface area contributed by atoms with Crippen molar-refractivity contribution in [2.75, 3.05) is 6.54 Å². The molecule has 0 radical (unpaired) electrons. The molecule has 1 aliphatic heterocycles. The summed E-state index contributed by atoms with van der Waals surface area (Å²) in [5.74, 6) is -0.639. The Kier molecular flexibility index (Phi) is 1.30. The number of carboxylic acid groups (broad SMARTS) is 1. The molecule has 5 nitrogen and oxygen atoms in total. The molecule has 4 rings (SSSR count). The predicted molar refractivity (Wildman–Crippen MR) is 58.0 cm³/mol. The summed E-state index contributed by atoms with van der Waals surface area (Å²) in [5.41, 5.74) is 2.30. The molecule has 2 fully saturated rings. The molecule has 1 spiro atoms. The number of ketones is 1. The van der Waals surface area contributed by atoms with E-state index in [1.807, 2.05) is 0 Å². The number of fused-ring (bicyclic) bond motifs is 1. The number of aromatic nitrogens is 1. The van der Waals surface area contributed by atoms with E-state index in [0.29, 0.717) is 11.6 Å². The van der Waals surface area contributed by atoms with Gasteiger partial charge in [0.05, 0.1) is 5.69 Å². The van der Waals surface area contributed by atoms with Crippen molar-refractivity contribution in [3.05, 3.63) is 34.8 Å². The lowest BCUT2D eigenvalue weighted by atomic mass is 9.86. The van der Waals surface area contributed by atoms with Gasteiger partial charge in [0.2, 0.25) is 5.78 Å². The second-order valence-corrected chi connectivity index (χ2v) is 4.95. The molecular weight excluding hydrogens is 220 g/mol. The van der Waals surface area contributed by atoms with E-state index in [0.717, 1.165) is 24.2 Å². The van der Waals surface area contributed by atoms with Gasteiger partial charge in [-0.3, -0.25) is 4.79 Å². The van der Waals surface area contributed by atoms with Gasteiger partial charge in [0.1, 0.15) is 5.69 Å². The molecule has 0 aromatic carbocycles. The molecule has 2 aliphatic carbocycles. The van der Waals surface area contributed by atoms with Gasteiger partial charge in [0.25, 0.3) is 0 Å². The van der Waals surface area contributed by atoms with Crippen LogP contribution in [0.3, 0.4) is 0 Å². The molecule has 1 saturated heterocycles. The second kappa shape index (κ2) is 2.45. The van der Waals surface area contributed by atoms with E-state index >= 15 is 0 Å². The maximum Gasteiger partial charge on any atom is 0.352 e. The number of allylic oxidation sites excluding steroid dienone is 2. The van der Waals surface area contributed by atoms with Crippen LogP contribution in [-0.2, 0) is 5.41 Å². The van der Waals surface area contributed by atoms with E-state index < -0.39 is 5.97 Å². The van der Waals surface area contributed by atoms with E-state index in [-0.39, 0.29) is 16.9 Å². The van der Waals surface area contributed by atoms with Gasteiger partial charge in [-0.2, -0.15) is 0 Å². The van der Waals surface area contributed by atoms with Gasteiger partial charge in [0, 0.05) is 23.7 Å². The third kappa shape index (κ3) is 0.868. The van der Waals surface area contributed by atoms with Crippen molar-refractivity contribution in [3.8, 4) is 0 Å². The summed E-state index contributed by atoms with van der Waals surface area (Å²) in [7, 11) is 0. The lowest BCUT2D eigenvalue weighted by molar-refractivity contribution is 0.0691. The first-order valence-corrected chi connectivity index (χ1v) is 5.60. The highest BCUT2D eigenvalue weighted by Gasteiger charge is 2.64. The monoisotopic (exact) mass is 230 g/mol. The van der Waals surface area contributed by atoms with Crippen molar-refractivity contribution in [1.82, 2.24) is 10.3 Å². The average molecular weight is 230 g/mol. The van der Waals surface area contributed by atoms with Gasteiger partial charge in [-0.15, -0.1) is 0 Å². The number of carbonyl (C=O) groups excluding carboxylic acids is 1. The molecule has 3 aliphatic rings. The Balaban J connectivity index is 1.97. The summed E-state index contributed by atoms with van der Waals surface area (Å²) in [6.07, 6.45) is 2.63. The van der Waals surface area contributed by atoms with Gasteiger partial charge >= 0.3 is 5.97 Å². The molecule has 5 heteroatoms. The Morgan fingerprint density at radius 3 is 3.06 bits per heavy atom. The van der Waals surface area contributed by atoms with E-state index in [1.54, 1.807) is 12.1 Å². The molecule has 0 amide bonds. The molecule has 2 unspecified atom stereocenters. The zero-order valence-electron chi connectivity index (χ0n) is 8.91. The van der Waals surface area contributed by atoms with E-state index in [4.69, 9.17) is 5.11 Å². The normalized spacial score (nSPS) is 32.1. The summed E-state index contributed by atoms with van der Waals surface area (Å²) in [4.78, 5) is 25.6. The number of hydrogen-bond acceptors (Lipinski definition) is 3. The molecule has 1 aromatic heterocycles. The third-order valence-electron chi connectivity index (χ3n) is 4.18. The highest BCUT2D eigenvalue weighted by molar-refractivity contribution is 6.08. The molecule has 2 atom stereocenters. The largest absolute Gasteiger partial charge is 0.477 e. The molecule has 86 valence electrons. The van der Waals surface area contributed by atoms with Crippen LogP contribution in [0.2, 0.25) is 0 Å². The third-order valence-corrected chi connectivity index (χ3v) is 4.18. The summed E-state index contributed by atoms with van der Waals surface area (Å²) in [5, 5.41) is 12.2. The van der Waals surface area contributed by atoms with Crippen molar-refractivity contribution in [2.24, 2.45) is 5.92 Å². The average Bonchev–Trinajstić information content (AvgIpc) is 2.71. The van der Waals surface area contributed by atoms with E-state index in [2.05, 4.69) is 10.3 Å². The lowest BCUT2D eigenvalue weighted by Gasteiger charge is -2.20. The summed E-state index contributed by atoms with van der Waals surface area (Å²) >= 11 is 0. The number of hydrogen-bond donors (Lipinski definition) is 3. The Labute approximate surface area is 96.5 Å². The number of rotatable bonds is 1. The minimum atomic E-state index is -1.02. The number of aromatic amines is 1. The van der Waals surface area contributed by atoms with Gasteiger partial charge in [-0.05, 0) is 24.0 Å². The van der Waals surface area contributed by atoms with Crippen molar-refractivity contribution in [2.45, 2.75) is 11.8 Å². The minimum Gasteiger partial charge on any atom is -0.477 e. The quantitative estimate of drug-likeness (QED) is 0.661. The molecular formula is C12H10N2O3. The van der Waals surface area contributed by atoms with Gasteiger partial charge < -0.3 is 15.4 Å². The number of piperidine rings is 1. The first-order chi connectivity index (χ1) is 8.13. The Morgan fingerprint density at radius 1 is 1.53 bits per heavy atom. The Hall–Kier alpha value is -2.04. The lowest BCUT2D eigenvalue weighted by Crippen LogP contribution is -2.24. The maximum atomic E-state index is 11.9. The highest BCUT2D eigenvalue weighted by Crippen LogP contribution is 2.63. The van der Waals surface area contributed by atoms with Crippen molar-refractivity contribution in [3.63, 3.8) is 0 Å². The standard InChI is InChI=1S/C12H10N2O3/c15-8-2-9-12(3-5(12)4-13-9)6-1-7(11(16)17)14-10(6)8/h1-2,5,13-14H,3-4H2,(H,16,17). The zero-order valence-corrected chi connectivity index (χ0v) is 8.91. The van der Waals surface area contributed by atoms with Crippen LogP contribution in [0, 0.1) is 5.92 Å². The van der Waals surface area contributed by atoms with Crippen molar-refractivity contribution < 1.29 is 14.7 Å². The number of carbonyl (C=O) groups is 2. The smallest absolute Gasteiger partial charge is 0.352 e. The van der Waals surface area contributed by atoms with Crippen LogP contribution < -0.4 is 5.32 Å². The highest BCUT2D eigenvalue weighted by atomic mass is 16.4. The van der Waals surface area contributed by atoms with Gasteiger partial charge in [-0.25, -0.2) is 4.79 Å². The van der Waals surface area contributed by atoms with Crippen LogP contribution in [0.5, 0.6) is 0 Å². The molecule has 2 heterocycles. The molecule has 17 heavy (non-hydrogen) atoms. The summed E-state index contributed by atoms with van der Waals surface area (Å²) < 4.78 is 0. The second-order valence-electron chi connectivity index (χ2n) is 4.95. The minimum absolute atomic E-state index is 0.0898. The number of H-pyrrole nitrogens is 1. The maximum absolute atomic E-state index is 11.9. The van der Waals surface area contributed by atoms with E-state index in [1.165, 1.54) is 0 Å². The first kappa shape index (κ1) is 9.04. The van der Waals surface area contributed by atoms with Crippen LogP contribution in [0.25, 0.3) is 0 Å². The number of carboxylic acids is 1. The van der Waals surface area contributed by atoms with Crippen molar-refractivity contribution >= 4 is 11.8 Å². The topological polar surface area (TPSA) is 82.2 Å². The van der Waals surface area contributed by atoms with Crippen LogP contribution in [-0.4, -0.2) is 28.4 Å². The van der Waals surface area contributed by atoms with Crippen LogP contribution >= 0.6 is 0 Å². The molecule has 3 N–H and O–H groups in total. The van der Waals surface area contributed by atoms with Gasteiger partial charge in [0.15, 0.2) is 0 Å². The summed E-state index contributed by atoms with van der Waals surface area (Å²) in [6.45, 7) is 0.881. The number of nitrogens with one attached hydrogen (secondary N) is 2. The van der Waals surface area contributed by atoms with E-state index in [9.17, 15) is 9.59 Å². The summed E-state index contributed by atoms with van der Waals surface area (Å²) in [6, 6.07) is 1.62. The molecule has 1 saturated carbocycles. The first-order valence-electron chi connectivity index (χ1n) is 5.60. The molecule has 0 bridgehead atoms. The fraction of sp³-hybridized carbons (Fsp3) is 0.333.